The summed E-state index contributed by atoms with van der Waals surface area (Å²) in [6.45, 7) is 5.23. The normalized spacial score (nSPS) is 30.2. The molecule has 0 spiro atoms. The predicted molar refractivity (Wildman–Crippen MR) is 114 cm³/mol. The van der Waals surface area contributed by atoms with Crippen molar-refractivity contribution in [3.8, 4) is 6.07 Å². The molecule has 1 saturated carbocycles. The Bertz CT molecular complexity index is 1130. The highest BCUT2D eigenvalue weighted by Crippen LogP contribution is 2.63. The van der Waals surface area contributed by atoms with E-state index >= 15 is 0 Å². The van der Waals surface area contributed by atoms with Crippen molar-refractivity contribution >= 4 is 23.2 Å². The molecule has 2 aliphatic rings. The van der Waals surface area contributed by atoms with E-state index in [1.165, 1.54) is 10.8 Å². The molecule has 2 aromatic heterocycles. The number of nitrogens with zero attached hydrogens (tertiary/aromatic N) is 4. The lowest BCUT2D eigenvalue weighted by molar-refractivity contribution is -0.164. The Hall–Kier alpha value is -3.07. The molecule has 5 atom stereocenters. The molecule has 33 heavy (non-hydrogen) atoms. The molecule has 3 heterocycles. The molecule has 0 bridgehead atoms. The summed E-state index contributed by atoms with van der Waals surface area (Å²) in [5.41, 5.74) is -2.82. The van der Waals surface area contributed by atoms with Crippen LogP contribution in [-0.2, 0) is 24.7 Å². The Kier molecular flexibility index (Phi) is 5.86. The summed E-state index contributed by atoms with van der Waals surface area (Å²) in [7, 11) is 0. The zero-order valence-electron chi connectivity index (χ0n) is 18.7. The number of carbonyl (C=O) groups is 2. The number of aliphatic hydroxyl groups excluding tert-OH is 2. The summed E-state index contributed by atoms with van der Waals surface area (Å²) in [6, 6.07) is 5.19. The van der Waals surface area contributed by atoms with Crippen molar-refractivity contribution in [2.24, 2.45) is 11.8 Å². The number of hydrogen-bond donors (Lipinski definition) is 3. The largest absolute Gasteiger partial charge is 0.453 e. The van der Waals surface area contributed by atoms with Gasteiger partial charge in [0.15, 0.2) is 11.4 Å². The van der Waals surface area contributed by atoms with Crippen molar-refractivity contribution in [1.29, 1.82) is 5.26 Å². The van der Waals surface area contributed by atoms with E-state index in [0.717, 1.165) is 0 Å². The summed E-state index contributed by atoms with van der Waals surface area (Å²) >= 11 is 0. The molecular weight excluding hydrogens is 430 g/mol. The Morgan fingerprint density at radius 3 is 2.82 bits per heavy atom. The number of anilines is 1. The zero-order chi connectivity index (χ0) is 24.0. The Morgan fingerprint density at radius 2 is 2.18 bits per heavy atom. The number of nitriles is 1. The second kappa shape index (κ2) is 8.37. The van der Waals surface area contributed by atoms with Gasteiger partial charge in [-0.3, -0.25) is 9.59 Å². The standard InChI is InChI=1S/C22H27N5O6/c1-4-5-16(29)26-19-14-6-7-15(27(14)25-11-24-19)21(10-23)20(31)22(13(9-28)18(22)33-21)32-17(30)8-12(2)3/h6-7,11-13,18,20,28,31H,4-5,8-9H2,1-3H3,(H,24,25,26,29)/t13-,18?,20-,21-,22?/m0/s1. The van der Waals surface area contributed by atoms with Crippen molar-refractivity contribution in [1.82, 2.24) is 14.6 Å². The fourth-order valence-corrected chi connectivity index (χ4v) is 4.61. The number of ether oxygens (including phenoxy) is 2. The molecule has 1 saturated heterocycles. The van der Waals surface area contributed by atoms with E-state index in [4.69, 9.17) is 9.47 Å². The van der Waals surface area contributed by atoms with Gasteiger partial charge >= 0.3 is 5.97 Å². The first-order valence-electron chi connectivity index (χ1n) is 11.0. The molecule has 0 radical (unpaired) electrons. The molecule has 176 valence electrons. The van der Waals surface area contributed by atoms with Crippen LogP contribution in [0.4, 0.5) is 5.82 Å². The number of carbonyl (C=O) groups excluding carboxylic acids is 2. The average molecular weight is 457 g/mol. The third-order valence-corrected chi connectivity index (χ3v) is 6.20. The SMILES string of the molecule is CCCC(=O)Nc1ncnn2c([C@]3(C#N)OC4[C@H](CO)C4(OC(=O)CC(C)C)[C@H]3O)ccc12. The van der Waals surface area contributed by atoms with Gasteiger partial charge in [-0.05, 0) is 24.5 Å². The molecule has 11 heteroatoms. The maximum atomic E-state index is 12.4. The molecule has 11 nitrogen and oxygen atoms in total. The number of hydrogen-bond acceptors (Lipinski definition) is 9. The van der Waals surface area contributed by atoms with Crippen LogP contribution in [0.3, 0.4) is 0 Å². The van der Waals surface area contributed by atoms with Crippen LogP contribution in [0, 0.1) is 23.2 Å². The molecule has 1 amide bonds. The van der Waals surface area contributed by atoms with E-state index in [9.17, 15) is 25.1 Å². The zero-order valence-corrected chi connectivity index (χ0v) is 18.7. The van der Waals surface area contributed by atoms with Gasteiger partial charge in [-0.2, -0.15) is 10.4 Å². The minimum atomic E-state index is -1.90. The molecule has 4 rings (SSSR count). The third-order valence-electron chi connectivity index (χ3n) is 6.20. The number of rotatable bonds is 8. The second-order valence-electron chi connectivity index (χ2n) is 8.93. The molecule has 2 aromatic rings. The van der Waals surface area contributed by atoms with Crippen molar-refractivity contribution in [2.75, 3.05) is 11.9 Å². The molecular formula is C22H27N5O6. The van der Waals surface area contributed by atoms with Crippen LogP contribution in [0.5, 0.6) is 0 Å². The maximum absolute atomic E-state index is 12.4. The van der Waals surface area contributed by atoms with Crippen molar-refractivity contribution < 1.29 is 29.3 Å². The van der Waals surface area contributed by atoms with Gasteiger partial charge in [0.25, 0.3) is 0 Å². The number of aliphatic hydroxyl groups is 2. The van der Waals surface area contributed by atoms with Crippen LogP contribution in [0.25, 0.3) is 5.52 Å². The Labute approximate surface area is 190 Å². The van der Waals surface area contributed by atoms with Gasteiger partial charge in [-0.15, -0.1) is 0 Å². The topological polar surface area (TPSA) is 159 Å². The molecule has 3 N–H and O–H groups in total. The van der Waals surface area contributed by atoms with E-state index < -0.39 is 35.3 Å². The summed E-state index contributed by atoms with van der Waals surface area (Å²) in [6.07, 6.45) is -0.0744. The van der Waals surface area contributed by atoms with Crippen LogP contribution in [-0.4, -0.2) is 61.1 Å². The van der Waals surface area contributed by atoms with Crippen LogP contribution in [0.2, 0.25) is 0 Å². The molecule has 2 fully saturated rings. The first-order valence-corrected chi connectivity index (χ1v) is 11.0. The average Bonchev–Trinajstić information content (AvgIpc) is 3.03. The first kappa shape index (κ1) is 23.1. The van der Waals surface area contributed by atoms with Gasteiger partial charge in [0, 0.05) is 12.8 Å². The summed E-state index contributed by atoms with van der Waals surface area (Å²) < 4.78 is 13.0. The third kappa shape index (κ3) is 3.45. The lowest BCUT2D eigenvalue weighted by atomic mass is 9.89. The lowest BCUT2D eigenvalue weighted by Crippen LogP contribution is -2.48. The fraction of sp³-hybridized carbons (Fsp3) is 0.591. The number of amides is 1. The van der Waals surface area contributed by atoms with Gasteiger partial charge < -0.3 is 25.0 Å². The monoisotopic (exact) mass is 457 g/mol. The van der Waals surface area contributed by atoms with Gasteiger partial charge in [0.05, 0.1) is 18.2 Å². The van der Waals surface area contributed by atoms with Crippen molar-refractivity contribution in [3.05, 3.63) is 24.2 Å². The summed E-state index contributed by atoms with van der Waals surface area (Å²) in [5.74, 6) is -1.10. The Balaban J connectivity index is 1.71. The van der Waals surface area contributed by atoms with Gasteiger partial charge in [-0.25, -0.2) is 9.50 Å². The van der Waals surface area contributed by atoms with Gasteiger partial charge in [0.1, 0.15) is 30.1 Å². The first-order chi connectivity index (χ1) is 15.7. The fourth-order valence-electron chi connectivity index (χ4n) is 4.61. The highest BCUT2D eigenvalue weighted by molar-refractivity contribution is 5.93. The molecule has 1 aliphatic carbocycles. The quantitative estimate of drug-likeness (QED) is 0.489. The van der Waals surface area contributed by atoms with Gasteiger partial charge in [-0.1, -0.05) is 20.8 Å². The molecule has 1 aliphatic heterocycles. The smallest absolute Gasteiger partial charge is 0.306 e. The van der Waals surface area contributed by atoms with E-state index in [2.05, 4.69) is 15.4 Å². The summed E-state index contributed by atoms with van der Waals surface area (Å²) in [4.78, 5) is 28.6. The number of aromatic nitrogens is 3. The maximum Gasteiger partial charge on any atom is 0.306 e. The second-order valence-corrected chi connectivity index (χ2v) is 8.93. The number of esters is 1. The van der Waals surface area contributed by atoms with E-state index in [0.29, 0.717) is 18.4 Å². The summed E-state index contributed by atoms with van der Waals surface area (Å²) in [5, 5.41) is 38.1. The highest BCUT2D eigenvalue weighted by Gasteiger charge is 2.84. The van der Waals surface area contributed by atoms with Crippen LogP contribution in [0.15, 0.2) is 18.5 Å². The van der Waals surface area contributed by atoms with E-state index in [-0.39, 0.29) is 36.4 Å². The van der Waals surface area contributed by atoms with Crippen molar-refractivity contribution in [2.45, 2.75) is 63.4 Å². The van der Waals surface area contributed by atoms with E-state index in [1.54, 1.807) is 12.1 Å². The predicted octanol–water partition coefficient (Wildman–Crippen LogP) is 0.897. The molecule has 2 unspecified atom stereocenters. The number of nitrogens with one attached hydrogen (secondary N) is 1. The van der Waals surface area contributed by atoms with Crippen LogP contribution < -0.4 is 5.32 Å². The van der Waals surface area contributed by atoms with Gasteiger partial charge in [0.2, 0.25) is 11.5 Å². The Morgan fingerprint density at radius 1 is 1.42 bits per heavy atom. The van der Waals surface area contributed by atoms with Crippen molar-refractivity contribution in [3.63, 3.8) is 0 Å². The lowest BCUT2D eigenvalue weighted by Gasteiger charge is -2.31. The minimum Gasteiger partial charge on any atom is -0.453 e. The van der Waals surface area contributed by atoms with Crippen LogP contribution >= 0.6 is 0 Å². The molecule has 0 aromatic carbocycles. The van der Waals surface area contributed by atoms with E-state index in [1.807, 2.05) is 26.8 Å². The minimum absolute atomic E-state index is 0.0338. The number of fused-ring (bicyclic) bond motifs is 2. The highest BCUT2D eigenvalue weighted by atomic mass is 16.6. The van der Waals surface area contributed by atoms with Crippen LogP contribution in [0.1, 0.15) is 45.7 Å².